The summed E-state index contributed by atoms with van der Waals surface area (Å²) >= 11 is 1.99. The summed E-state index contributed by atoms with van der Waals surface area (Å²) in [5.74, 6) is 1.68. The van der Waals surface area contributed by atoms with E-state index in [4.69, 9.17) is 9.63 Å². The van der Waals surface area contributed by atoms with E-state index < -0.39 is 5.97 Å². The highest BCUT2D eigenvalue weighted by atomic mass is 32.2. The number of carbonyl (C=O) groups is 1. The number of carboxylic acids is 1. The molecular formula is C15H15NO3S. The average molecular weight is 289 g/mol. The van der Waals surface area contributed by atoms with Crippen molar-refractivity contribution < 1.29 is 14.4 Å². The number of benzene rings is 1. The second kappa shape index (κ2) is 5.71. The smallest absolute Gasteiger partial charge is 0.374 e. The molecule has 1 fully saturated rings. The monoisotopic (exact) mass is 289 g/mol. The molecule has 4 nitrogen and oxygen atoms in total. The molecule has 0 bridgehead atoms. The fraction of sp³-hybridized carbons (Fsp3) is 0.333. The van der Waals surface area contributed by atoms with E-state index in [1.807, 2.05) is 30.0 Å². The molecule has 0 atom stereocenters. The number of aromatic carboxylic acids is 1. The van der Waals surface area contributed by atoms with Gasteiger partial charge in [-0.3, -0.25) is 0 Å². The molecule has 0 aliphatic carbocycles. The minimum Gasteiger partial charge on any atom is -0.475 e. The Labute approximate surface area is 121 Å². The Morgan fingerprint density at radius 2 is 2.05 bits per heavy atom. The third-order valence-corrected chi connectivity index (χ3v) is 4.67. The van der Waals surface area contributed by atoms with Crippen molar-refractivity contribution >= 4 is 17.7 Å². The number of aromatic nitrogens is 1. The van der Waals surface area contributed by atoms with Crippen LogP contribution in [0, 0.1) is 0 Å². The van der Waals surface area contributed by atoms with Crippen molar-refractivity contribution in [3.05, 3.63) is 41.7 Å². The van der Waals surface area contributed by atoms with E-state index in [1.165, 1.54) is 23.1 Å². The van der Waals surface area contributed by atoms with E-state index in [-0.39, 0.29) is 5.76 Å². The van der Waals surface area contributed by atoms with Gasteiger partial charge in [-0.2, -0.15) is 11.8 Å². The molecule has 1 aliphatic rings. The summed E-state index contributed by atoms with van der Waals surface area (Å²) < 4.78 is 4.87. The van der Waals surface area contributed by atoms with Crippen LogP contribution in [0.1, 0.15) is 34.9 Å². The fourth-order valence-corrected chi connectivity index (χ4v) is 3.70. The molecule has 1 aromatic carbocycles. The Balaban J connectivity index is 1.97. The van der Waals surface area contributed by atoms with Crippen molar-refractivity contribution in [2.75, 3.05) is 11.5 Å². The predicted molar refractivity (Wildman–Crippen MR) is 78.2 cm³/mol. The molecular weight excluding hydrogens is 274 g/mol. The van der Waals surface area contributed by atoms with Gasteiger partial charge in [-0.15, -0.1) is 0 Å². The number of thioether (sulfide) groups is 1. The first-order valence-corrected chi connectivity index (χ1v) is 7.78. The second-order valence-corrected chi connectivity index (χ2v) is 6.08. The molecule has 0 saturated carbocycles. The minimum atomic E-state index is -1.09. The quantitative estimate of drug-likeness (QED) is 0.934. The van der Waals surface area contributed by atoms with Gasteiger partial charge in [-0.05, 0) is 35.8 Å². The van der Waals surface area contributed by atoms with Crippen LogP contribution in [-0.2, 0) is 0 Å². The Bertz CT molecular complexity index is 617. The summed E-state index contributed by atoms with van der Waals surface area (Å²) in [5, 5.41) is 12.8. The minimum absolute atomic E-state index is 0.117. The molecule has 1 N–H and O–H groups in total. The molecule has 0 unspecified atom stereocenters. The van der Waals surface area contributed by atoms with Crippen LogP contribution in [0.3, 0.4) is 0 Å². The summed E-state index contributed by atoms with van der Waals surface area (Å²) in [6.07, 6.45) is 2.32. The number of hydrogen-bond donors (Lipinski definition) is 1. The van der Waals surface area contributed by atoms with Crippen LogP contribution in [0.2, 0.25) is 0 Å². The van der Waals surface area contributed by atoms with Gasteiger partial charge >= 0.3 is 5.97 Å². The molecule has 2 aromatic rings. The largest absolute Gasteiger partial charge is 0.475 e. The maximum absolute atomic E-state index is 10.9. The lowest BCUT2D eigenvalue weighted by atomic mass is 9.88. The Kier molecular flexibility index (Phi) is 3.78. The first-order chi connectivity index (χ1) is 9.75. The molecule has 1 saturated heterocycles. The van der Waals surface area contributed by atoms with Gasteiger partial charge in [0, 0.05) is 11.6 Å². The zero-order valence-electron chi connectivity index (χ0n) is 10.9. The highest BCUT2D eigenvalue weighted by Gasteiger charge is 2.21. The van der Waals surface area contributed by atoms with Gasteiger partial charge in [0.05, 0.1) is 0 Å². The molecule has 0 amide bonds. The van der Waals surface area contributed by atoms with Gasteiger partial charge in [0.2, 0.25) is 5.76 Å². The third-order valence-electron chi connectivity index (χ3n) is 3.62. The first-order valence-electron chi connectivity index (χ1n) is 6.63. The lowest BCUT2D eigenvalue weighted by molar-refractivity contribution is 0.0652. The van der Waals surface area contributed by atoms with Crippen LogP contribution >= 0.6 is 11.8 Å². The van der Waals surface area contributed by atoms with Crippen LogP contribution in [0.15, 0.2) is 34.9 Å². The lowest BCUT2D eigenvalue weighted by Gasteiger charge is -2.23. The first kappa shape index (κ1) is 13.2. The number of nitrogens with zero attached hydrogens (tertiary/aromatic N) is 1. The molecule has 5 heteroatoms. The SMILES string of the molecule is O=C(O)c1cc(-c2ccccc2C2CCSCC2)no1. The summed E-state index contributed by atoms with van der Waals surface area (Å²) in [5.41, 5.74) is 2.84. The summed E-state index contributed by atoms with van der Waals surface area (Å²) in [4.78, 5) is 10.9. The maximum Gasteiger partial charge on any atom is 0.374 e. The normalized spacial score (nSPS) is 16.2. The maximum atomic E-state index is 10.9. The van der Waals surface area contributed by atoms with Gasteiger partial charge < -0.3 is 9.63 Å². The zero-order chi connectivity index (χ0) is 13.9. The molecule has 1 aliphatic heterocycles. The average Bonchev–Trinajstić information content (AvgIpc) is 2.98. The second-order valence-electron chi connectivity index (χ2n) is 4.86. The zero-order valence-corrected chi connectivity index (χ0v) is 11.7. The van der Waals surface area contributed by atoms with Crippen LogP contribution in [0.25, 0.3) is 11.3 Å². The Morgan fingerprint density at radius 3 is 2.75 bits per heavy atom. The third kappa shape index (κ3) is 2.58. The molecule has 2 heterocycles. The summed E-state index contributed by atoms with van der Waals surface area (Å²) in [6, 6.07) is 9.58. The van der Waals surface area contributed by atoms with Gasteiger partial charge in [0.1, 0.15) is 5.69 Å². The highest BCUT2D eigenvalue weighted by Crippen LogP contribution is 2.36. The van der Waals surface area contributed by atoms with Crippen molar-refractivity contribution in [3.8, 4) is 11.3 Å². The number of carboxylic acid groups (broad SMARTS) is 1. The van der Waals surface area contributed by atoms with Crippen LogP contribution in [0.4, 0.5) is 0 Å². The Morgan fingerprint density at radius 1 is 1.30 bits per heavy atom. The standard InChI is InChI=1S/C15H15NO3S/c17-15(18)14-9-13(16-19-14)12-4-2-1-3-11(12)10-5-7-20-8-6-10/h1-4,9-10H,5-8H2,(H,17,18). The number of hydrogen-bond acceptors (Lipinski definition) is 4. The topological polar surface area (TPSA) is 63.3 Å². The van der Waals surface area contributed by atoms with Crippen LogP contribution in [0.5, 0.6) is 0 Å². The Hall–Kier alpha value is -1.75. The van der Waals surface area contributed by atoms with E-state index in [0.29, 0.717) is 11.6 Å². The molecule has 3 rings (SSSR count). The van der Waals surface area contributed by atoms with Gasteiger partial charge in [0.15, 0.2) is 0 Å². The fourth-order valence-electron chi connectivity index (χ4n) is 2.60. The van der Waals surface area contributed by atoms with Crippen molar-refractivity contribution in [1.29, 1.82) is 0 Å². The molecule has 0 spiro atoms. The van der Waals surface area contributed by atoms with Crippen molar-refractivity contribution in [2.45, 2.75) is 18.8 Å². The van der Waals surface area contributed by atoms with Crippen molar-refractivity contribution in [2.24, 2.45) is 0 Å². The van der Waals surface area contributed by atoms with E-state index in [9.17, 15) is 4.79 Å². The lowest BCUT2D eigenvalue weighted by Crippen LogP contribution is -2.09. The molecule has 1 aromatic heterocycles. The van der Waals surface area contributed by atoms with E-state index in [0.717, 1.165) is 18.4 Å². The molecule has 20 heavy (non-hydrogen) atoms. The van der Waals surface area contributed by atoms with E-state index >= 15 is 0 Å². The summed E-state index contributed by atoms with van der Waals surface area (Å²) in [7, 11) is 0. The van der Waals surface area contributed by atoms with Crippen LogP contribution < -0.4 is 0 Å². The molecule has 0 radical (unpaired) electrons. The van der Waals surface area contributed by atoms with Crippen molar-refractivity contribution in [1.82, 2.24) is 5.16 Å². The summed E-state index contributed by atoms with van der Waals surface area (Å²) in [6.45, 7) is 0. The molecule has 104 valence electrons. The van der Waals surface area contributed by atoms with Gasteiger partial charge in [-0.1, -0.05) is 29.4 Å². The predicted octanol–water partition coefficient (Wildman–Crippen LogP) is 3.65. The van der Waals surface area contributed by atoms with Gasteiger partial charge in [0.25, 0.3) is 0 Å². The van der Waals surface area contributed by atoms with Crippen molar-refractivity contribution in [3.63, 3.8) is 0 Å². The van der Waals surface area contributed by atoms with E-state index in [1.54, 1.807) is 0 Å². The van der Waals surface area contributed by atoms with E-state index in [2.05, 4.69) is 11.2 Å². The number of rotatable bonds is 3. The van der Waals surface area contributed by atoms with Crippen LogP contribution in [-0.4, -0.2) is 27.7 Å². The van der Waals surface area contributed by atoms with Gasteiger partial charge in [-0.25, -0.2) is 4.79 Å². The highest BCUT2D eigenvalue weighted by molar-refractivity contribution is 7.99.